The number of carbonyl (C=O) groups is 6. The molecule has 1 heterocycles. The largest absolute Gasteiger partial charge is 0.549 e. The van der Waals surface area contributed by atoms with Crippen molar-refractivity contribution in [3.63, 3.8) is 0 Å². The summed E-state index contributed by atoms with van der Waals surface area (Å²) in [6.45, 7) is 3.28. The van der Waals surface area contributed by atoms with Gasteiger partial charge in [-0.1, -0.05) is 48.5 Å². The molecule has 1 saturated heterocycles. The Morgan fingerprint density at radius 1 is 0.796 bits per heavy atom. The van der Waals surface area contributed by atoms with E-state index in [2.05, 4.69) is 5.32 Å². The summed E-state index contributed by atoms with van der Waals surface area (Å²) >= 11 is 0. The van der Waals surface area contributed by atoms with Gasteiger partial charge in [0.25, 0.3) is 0 Å². The van der Waals surface area contributed by atoms with Crippen LogP contribution in [0.3, 0.4) is 0 Å². The monoisotopic (exact) mass is 679 g/mol. The van der Waals surface area contributed by atoms with Crippen LogP contribution in [0.4, 0.5) is 0 Å². The summed E-state index contributed by atoms with van der Waals surface area (Å²) in [6, 6.07) is 14.8. The number of ketones is 1. The van der Waals surface area contributed by atoms with Gasteiger partial charge in [0.2, 0.25) is 5.91 Å². The lowest BCUT2D eigenvalue weighted by Crippen LogP contribution is -2.52. The third-order valence-corrected chi connectivity index (χ3v) is 8.67. The average Bonchev–Trinajstić information content (AvgIpc) is 3.07. The number of hydrogen-bond donors (Lipinski definition) is 2. The van der Waals surface area contributed by atoms with Gasteiger partial charge < -0.3 is 35.0 Å². The SMILES string of the molecule is CC(C(=O)NCCCC(C(=O)O)N1CCN(CC=O)CCN(CC(=O)[O-])CCN(CC(=O)[O-])CC1)c1cccc(C(=O)c2ccccc2)c1. The molecule has 266 valence electrons. The van der Waals surface area contributed by atoms with Gasteiger partial charge in [-0.2, -0.15) is 0 Å². The zero-order chi connectivity index (χ0) is 35.8. The van der Waals surface area contributed by atoms with Crippen molar-refractivity contribution in [2.75, 3.05) is 78.5 Å². The van der Waals surface area contributed by atoms with E-state index in [0.717, 1.165) is 6.29 Å². The number of carbonyl (C=O) groups excluding carboxylic acids is 5. The van der Waals surface area contributed by atoms with E-state index >= 15 is 0 Å². The van der Waals surface area contributed by atoms with Gasteiger partial charge in [-0.05, 0) is 31.4 Å². The standard InChI is InChI=1S/C35H47N5O9/c1-26(28-9-5-10-29(23-28)33(46)27-7-3-2-4-8-27)34(47)36-12-6-11-30(35(48)49)40-19-17-37(21-22-41)13-14-38(24-31(42)43)15-16-39(18-20-40)25-32(44)45/h2-5,7-10,22-23,26,30H,6,11-21,24-25H2,1H3,(H,36,47)(H,42,43)(H,44,45)(H,48,49)/p-2. The molecular weight excluding hydrogens is 634 g/mol. The number of nitrogens with one attached hydrogen (secondary N) is 1. The highest BCUT2D eigenvalue weighted by Crippen LogP contribution is 2.19. The van der Waals surface area contributed by atoms with Gasteiger partial charge in [0.1, 0.15) is 12.3 Å². The van der Waals surface area contributed by atoms with E-state index in [9.17, 15) is 44.1 Å². The molecule has 2 aromatic rings. The van der Waals surface area contributed by atoms with Crippen LogP contribution in [0, 0.1) is 0 Å². The summed E-state index contributed by atoms with van der Waals surface area (Å²) in [5.41, 5.74) is 1.69. The Kier molecular flexibility index (Phi) is 16.0. The van der Waals surface area contributed by atoms with Gasteiger partial charge in [-0.3, -0.25) is 34.0 Å². The molecule has 3 rings (SSSR count). The number of aldehydes is 1. The Morgan fingerprint density at radius 3 is 1.92 bits per heavy atom. The first kappa shape index (κ1) is 38.9. The maximum absolute atomic E-state index is 13.0. The molecule has 1 amide bonds. The van der Waals surface area contributed by atoms with Crippen molar-refractivity contribution in [1.29, 1.82) is 0 Å². The van der Waals surface area contributed by atoms with Gasteiger partial charge in [-0.15, -0.1) is 0 Å². The van der Waals surface area contributed by atoms with Crippen LogP contribution in [-0.4, -0.2) is 145 Å². The highest BCUT2D eigenvalue weighted by atomic mass is 16.4. The lowest BCUT2D eigenvalue weighted by molar-refractivity contribution is -0.308. The number of nitrogens with zero attached hydrogens (tertiary/aromatic N) is 4. The number of aliphatic carboxylic acids is 3. The molecule has 2 unspecified atom stereocenters. The number of hydrogen-bond acceptors (Lipinski definition) is 12. The van der Waals surface area contributed by atoms with Crippen molar-refractivity contribution < 1.29 is 44.1 Å². The van der Waals surface area contributed by atoms with Crippen molar-refractivity contribution >= 4 is 35.9 Å². The topological polar surface area (TPSA) is 194 Å². The van der Waals surface area contributed by atoms with E-state index in [1.165, 1.54) is 0 Å². The molecule has 1 aliphatic rings. The van der Waals surface area contributed by atoms with Crippen LogP contribution in [0.1, 0.15) is 47.2 Å². The number of rotatable bonds is 16. The molecule has 14 heteroatoms. The van der Waals surface area contributed by atoms with E-state index in [1.54, 1.807) is 70.2 Å². The Morgan fingerprint density at radius 2 is 1.35 bits per heavy atom. The highest BCUT2D eigenvalue weighted by Gasteiger charge is 2.27. The molecule has 0 aliphatic carbocycles. The third kappa shape index (κ3) is 13.1. The third-order valence-electron chi connectivity index (χ3n) is 8.67. The second-order valence-electron chi connectivity index (χ2n) is 12.1. The number of carboxylic acid groups (broad SMARTS) is 3. The second-order valence-corrected chi connectivity index (χ2v) is 12.1. The smallest absolute Gasteiger partial charge is 0.320 e. The molecular formula is C35H45N5O9-2. The van der Waals surface area contributed by atoms with Gasteiger partial charge in [0, 0.05) is 83.1 Å². The number of carboxylic acids is 3. The van der Waals surface area contributed by atoms with Gasteiger partial charge in [-0.25, -0.2) is 0 Å². The van der Waals surface area contributed by atoms with Crippen LogP contribution in [-0.2, 0) is 24.0 Å². The summed E-state index contributed by atoms with van der Waals surface area (Å²) in [5, 5.41) is 35.8. The van der Waals surface area contributed by atoms with Crippen molar-refractivity contribution in [2.45, 2.75) is 31.7 Å². The van der Waals surface area contributed by atoms with Crippen LogP contribution >= 0.6 is 0 Å². The van der Waals surface area contributed by atoms with E-state index in [1.807, 2.05) is 11.0 Å². The summed E-state index contributed by atoms with van der Waals surface area (Å²) in [5.74, 6) is -4.62. The predicted octanol–water partition coefficient (Wildman–Crippen LogP) is -1.71. The molecule has 0 bridgehead atoms. The van der Waals surface area contributed by atoms with E-state index in [0.29, 0.717) is 36.2 Å². The highest BCUT2D eigenvalue weighted by molar-refractivity contribution is 6.09. The fourth-order valence-corrected chi connectivity index (χ4v) is 5.81. The van der Waals surface area contributed by atoms with E-state index in [4.69, 9.17) is 0 Å². The van der Waals surface area contributed by atoms with E-state index in [-0.39, 0.29) is 77.0 Å². The van der Waals surface area contributed by atoms with Crippen LogP contribution in [0.15, 0.2) is 54.6 Å². The molecule has 1 aliphatic heterocycles. The lowest BCUT2D eigenvalue weighted by Gasteiger charge is -2.36. The summed E-state index contributed by atoms with van der Waals surface area (Å²) in [6.07, 6.45) is 1.27. The molecule has 2 N–H and O–H groups in total. The molecule has 1 fully saturated rings. The second kappa shape index (κ2) is 20.1. The molecule has 0 saturated carbocycles. The van der Waals surface area contributed by atoms with Gasteiger partial charge >= 0.3 is 5.97 Å². The van der Waals surface area contributed by atoms with Crippen molar-refractivity contribution in [2.24, 2.45) is 0 Å². The van der Waals surface area contributed by atoms with Crippen molar-refractivity contribution in [1.82, 2.24) is 24.9 Å². The maximum Gasteiger partial charge on any atom is 0.320 e. The quantitative estimate of drug-likeness (QED) is 0.116. The predicted molar refractivity (Wildman–Crippen MR) is 175 cm³/mol. The fourth-order valence-electron chi connectivity index (χ4n) is 5.81. The summed E-state index contributed by atoms with van der Waals surface area (Å²) in [7, 11) is 0. The van der Waals surface area contributed by atoms with Gasteiger partial charge in [0.15, 0.2) is 5.78 Å². The Balaban J connectivity index is 1.63. The summed E-state index contributed by atoms with van der Waals surface area (Å²) < 4.78 is 0. The normalized spacial score (nSPS) is 17.2. The zero-order valence-electron chi connectivity index (χ0n) is 27.8. The Bertz CT molecular complexity index is 1420. The van der Waals surface area contributed by atoms with E-state index < -0.39 is 36.4 Å². The average molecular weight is 680 g/mol. The molecule has 0 radical (unpaired) electrons. The first-order valence-electron chi connectivity index (χ1n) is 16.4. The van der Waals surface area contributed by atoms with Crippen LogP contribution in [0.25, 0.3) is 0 Å². The number of benzene rings is 2. The molecule has 14 nitrogen and oxygen atoms in total. The van der Waals surface area contributed by atoms with Crippen molar-refractivity contribution in [3.05, 3.63) is 71.3 Å². The first-order valence-corrected chi connectivity index (χ1v) is 16.4. The zero-order valence-corrected chi connectivity index (χ0v) is 27.8. The molecule has 2 aromatic carbocycles. The Labute approximate surface area is 286 Å². The van der Waals surface area contributed by atoms with Crippen LogP contribution in [0.5, 0.6) is 0 Å². The van der Waals surface area contributed by atoms with Gasteiger partial charge in [0.05, 0.1) is 24.4 Å². The minimum atomic E-state index is -1.31. The Hall–Kier alpha value is -4.50. The first-order chi connectivity index (χ1) is 23.5. The van der Waals surface area contributed by atoms with Crippen molar-refractivity contribution in [3.8, 4) is 0 Å². The van der Waals surface area contributed by atoms with Crippen LogP contribution < -0.4 is 15.5 Å². The fraction of sp³-hybridized carbons (Fsp3) is 0.486. The summed E-state index contributed by atoms with van der Waals surface area (Å²) in [4.78, 5) is 79.3. The number of amides is 1. The molecule has 0 spiro atoms. The molecule has 2 atom stereocenters. The molecule has 49 heavy (non-hydrogen) atoms. The van der Waals surface area contributed by atoms with Crippen LogP contribution in [0.2, 0.25) is 0 Å². The minimum absolute atomic E-state index is 0.0785. The maximum atomic E-state index is 13.0. The minimum Gasteiger partial charge on any atom is -0.549 e. The molecule has 0 aromatic heterocycles. The lowest BCUT2D eigenvalue weighted by atomic mass is 9.95.